The molecule has 30 heavy (non-hydrogen) atoms. The largest absolute Gasteiger partial charge is 0.464 e. The summed E-state index contributed by atoms with van der Waals surface area (Å²) in [6, 6.07) is 12.1. The highest BCUT2D eigenvalue weighted by molar-refractivity contribution is 7.99. The Kier molecular flexibility index (Phi) is 6.86. The van der Waals surface area contributed by atoms with Crippen LogP contribution >= 0.6 is 35.0 Å². The second-order valence-corrected chi connectivity index (χ2v) is 7.80. The third-order valence-electron chi connectivity index (χ3n) is 3.95. The number of carbonyl (C=O) groups excluding carboxylic acids is 1. The third kappa shape index (κ3) is 4.69. The van der Waals surface area contributed by atoms with Crippen molar-refractivity contribution in [1.82, 2.24) is 4.98 Å². The average molecular weight is 458 g/mol. The van der Waals surface area contributed by atoms with Crippen molar-refractivity contribution in [3.05, 3.63) is 57.8 Å². The lowest BCUT2D eigenvalue weighted by Crippen LogP contribution is -2.12. The van der Waals surface area contributed by atoms with Crippen LogP contribution in [0.2, 0.25) is 10.0 Å². The van der Waals surface area contributed by atoms with E-state index in [1.807, 2.05) is 6.07 Å². The predicted molar refractivity (Wildman–Crippen MR) is 116 cm³/mol. The van der Waals surface area contributed by atoms with Crippen molar-refractivity contribution in [3.8, 4) is 23.5 Å². The number of benzene rings is 1. The van der Waals surface area contributed by atoms with Crippen molar-refractivity contribution in [3.63, 3.8) is 0 Å². The Morgan fingerprint density at radius 3 is 2.60 bits per heavy atom. The highest BCUT2D eigenvalue weighted by Gasteiger charge is 2.22. The molecule has 150 valence electrons. The summed E-state index contributed by atoms with van der Waals surface area (Å²) in [5.74, 6) is 0.423. The van der Waals surface area contributed by atoms with E-state index in [9.17, 15) is 15.3 Å². The van der Waals surface area contributed by atoms with Crippen LogP contribution in [0.1, 0.15) is 17.5 Å². The van der Waals surface area contributed by atoms with Crippen LogP contribution in [-0.2, 0) is 4.79 Å². The molecular formula is C20H13Cl2N5O2S. The number of nitrogens with zero attached hydrogens (tertiary/aromatic N) is 3. The van der Waals surface area contributed by atoms with Crippen LogP contribution in [0, 0.1) is 22.7 Å². The van der Waals surface area contributed by atoms with E-state index in [1.54, 1.807) is 30.3 Å². The van der Waals surface area contributed by atoms with E-state index in [0.29, 0.717) is 37.8 Å². The van der Waals surface area contributed by atoms with Crippen LogP contribution in [0.25, 0.3) is 11.3 Å². The zero-order valence-corrected chi connectivity index (χ0v) is 17.6. The summed E-state index contributed by atoms with van der Waals surface area (Å²) in [7, 11) is 0. The van der Waals surface area contributed by atoms with Gasteiger partial charge in [-0.1, -0.05) is 23.2 Å². The Morgan fingerprint density at radius 2 is 1.97 bits per heavy atom. The predicted octanol–water partition coefficient (Wildman–Crippen LogP) is 5.09. The van der Waals surface area contributed by atoms with Gasteiger partial charge in [0.15, 0.2) is 0 Å². The molecule has 0 atom stereocenters. The quantitative estimate of drug-likeness (QED) is 0.492. The fourth-order valence-corrected chi connectivity index (χ4v) is 3.84. The summed E-state index contributed by atoms with van der Waals surface area (Å²) in [5, 5.41) is 22.9. The Bertz CT molecular complexity index is 1180. The first kappa shape index (κ1) is 21.5. The topological polar surface area (TPSA) is 129 Å². The minimum absolute atomic E-state index is 0.00865. The number of rotatable bonds is 6. The number of anilines is 2. The first-order valence-electron chi connectivity index (χ1n) is 8.49. The van der Waals surface area contributed by atoms with Crippen LogP contribution in [-0.4, -0.2) is 16.6 Å². The van der Waals surface area contributed by atoms with Crippen LogP contribution in [0.3, 0.4) is 0 Å². The van der Waals surface area contributed by atoms with E-state index in [0.717, 1.165) is 0 Å². The average Bonchev–Trinajstić information content (AvgIpc) is 3.24. The Balaban J connectivity index is 1.75. The van der Waals surface area contributed by atoms with Gasteiger partial charge in [-0.05, 0) is 30.3 Å². The van der Waals surface area contributed by atoms with Gasteiger partial charge in [0.05, 0.1) is 27.4 Å². The molecule has 0 bridgehead atoms. The fraction of sp³-hybridized carbons (Fsp3) is 0.100. The number of nitriles is 2. The van der Waals surface area contributed by atoms with Gasteiger partial charge in [-0.25, -0.2) is 4.98 Å². The van der Waals surface area contributed by atoms with Gasteiger partial charge < -0.3 is 15.5 Å². The molecule has 0 aliphatic heterocycles. The molecule has 0 fully saturated rings. The molecule has 0 unspecified atom stereocenters. The second-order valence-electron chi connectivity index (χ2n) is 5.90. The number of nitrogens with one attached hydrogen (secondary N) is 1. The summed E-state index contributed by atoms with van der Waals surface area (Å²) < 4.78 is 5.36. The number of nitrogen functional groups attached to an aromatic ring is 1. The number of hydrogen-bond acceptors (Lipinski definition) is 7. The van der Waals surface area contributed by atoms with Crippen LogP contribution < -0.4 is 11.1 Å². The van der Waals surface area contributed by atoms with Gasteiger partial charge in [0.2, 0.25) is 5.91 Å². The van der Waals surface area contributed by atoms with Crippen molar-refractivity contribution in [2.45, 2.75) is 11.4 Å². The first-order chi connectivity index (χ1) is 14.4. The third-order valence-corrected chi connectivity index (χ3v) is 5.67. The zero-order valence-electron chi connectivity index (χ0n) is 15.3. The van der Waals surface area contributed by atoms with E-state index in [2.05, 4.69) is 16.4 Å². The Labute approximate surface area is 186 Å². The van der Waals surface area contributed by atoms with Gasteiger partial charge >= 0.3 is 0 Å². The van der Waals surface area contributed by atoms with E-state index >= 15 is 0 Å². The van der Waals surface area contributed by atoms with Gasteiger partial charge in [-0.15, -0.1) is 11.8 Å². The summed E-state index contributed by atoms with van der Waals surface area (Å²) in [6.45, 7) is 0. The molecule has 10 heteroatoms. The molecule has 3 N–H and O–H groups in total. The lowest BCUT2D eigenvalue weighted by molar-refractivity contribution is -0.115. The van der Waals surface area contributed by atoms with E-state index in [1.165, 1.54) is 18.0 Å². The molecule has 7 nitrogen and oxygen atoms in total. The van der Waals surface area contributed by atoms with Gasteiger partial charge in [-0.2, -0.15) is 10.5 Å². The fourth-order valence-electron chi connectivity index (χ4n) is 2.61. The summed E-state index contributed by atoms with van der Waals surface area (Å²) >= 11 is 13.0. The first-order valence-corrected chi connectivity index (χ1v) is 10.2. The molecule has 0 saturated heterocycles. The number of amides is 1. The molecule has 3 aromatic rings. The van der Waals surface area contributed by atoms with Crippen LogP contribution in [0.5, 0.6) is 0 Å². The van der Waals surface area contributed by atoms with Gasteiger partial charge in [-0.3, -0.25) is 4.79 Å². The number of pyridine rings is 1. The number of thioether (sulfide) groups is 1. The molecule has 0 radical (unpaired) electrons. The monoisotopic (exact) mass is 457 g/mol. The van der Waals surface area contributed by atoms with E-state index < -0.39 is 0 Å². The Morgan fingerprint density at radius 1 is 1.20 bits per heavy atom. The smallest absolute Gasteiger partial charge is 0.225 e. The molecule has 0 spiro atoms. The summed E-state index contributed by atoms with van der Waals surface area (Å²) in [5.41, 5.74) is 6.98. The van der Waals surface area contributed by atoms with E-state index in [4.69, 9.17) is 33.4 Å². The molecule has 3 rings (SSSR count). The highest BCUT2D eigenvalue weighted by Crippen LogP contribution is 2.36. The molecule has 0 aliphatic carbocycles. The summed E-state index contributed by atoms with van der Waals surface area (Å²) in [4.78, 5) is 16.4. The number of furan rings is 1. The molecule has 0 saturated carbocycles. The van der Waals surface area contributed by atoms with Crippen molar-refractivity contribution in [2.24, 2.45) is 0 Å². The van der Waals surface area contributed by atoms with Gasteiger partial charge in [0.1, 0.15) is 34.3 Å². The molecule has 1 aromatic carbocycles. The minimum Gasteiger partial charge on any atom is -0.464 e. The Hall–Kier alpha value is -3.17. The number of carbonyl (C=O) groups is 1. The number of aromatic nitrogens is 1. The van der Waals surface area contributed by atoms with Crippen molar-refractivity contribution in [2.75, 3.05) is 16.8 Å². The van der Waals surface area contributed by atoms with Crippen molar-refractivity contribution < 1.29 is 9.21 Å². The zero-order chi connectivity index (χ0) is 21.7. The number of halogens is 2. The molecule has 0 aliphatic rings. The molecule has 2 heterocycles. The number of hydrogen-bond donors (Lipinski definition) is 2. The van der Waals surface area contributed by atoms with Crippen LogP contribution in [0.4, 0.5) is 11.5 Å². The second kappa shape index (κ2) is 9.55. The van der Waals surface area contributed by atoms with Gasteiger partial charge in [0.25, 0.3) is 0 Å². The standard InChI is InChI=1S/C20H13Cl2N5O2S/c21-14-4-3-11(8-15(14)22)26-17(28)5-7-30-20-13(10-24)18(16-2-1-6-29-16)12(9-23)19(25)27-20/h1-4,6,8H,5,7H2,(H2,25,27)(H,26,28). The highest BCUT2D eigenvalue weighted by atomic mass is 35.5. The maximum Gasteiger partial charge on any atom is 0.225 e. The maximum absolute atomic E-state index is 12.2. The molecule has 2 aromatic heterocycles. The van der Waals surface area contributed by atoms with Crippen molar-refractivity contribution in [1.29, 1.82) is 10.5 Å². The molecular weight excluding hydrogens is 445 g/mol. The van der Waals surface area contributed by atoms with Gasteiger partial charge in [0, 0.05) is 17.9 Å². The maximum atomic E-state index is 12.2. The lowest BCUT2D eigenvalue weighted by Gasteiger charge is -2.11. The summed E-state index contributed by atoms with van der Waals surface area (Å²) in [6.07, 6.45) is 1.59. The SMILES string of the molecule is N#Cc1c(N)nc(SCCC(=O)Nc2ccc(Cl)c(Cl)c2)c(C#N)c1-c1ccco1. The van der Waals surface area contributed by atoms with Crippen LogP contribution in [0.15, 0.2) is 46.0 Å². The minimum atomic E-state index is -0.243. The van der Waals surface area contributed by atoms with E-state index in [-0.39, 0.29) is 29.3 Å². The number of nitrogens with two attached hydrogens (primary N) is 1. The van der Waals surface area contributed by atoms with Crippen molar-refractivity contribution >= 4 is 52.4 Å². The normalized spacial score (nSPS) is 10.3. The lowest BCUT2D eigenvalue weighted by atomic mass is 10.0. The molecule has 1 amide bonds.